The zero-order valence-electron chi connectivity index (χ0n) is 20.0. The molecular formula is C24H22Li2N4O4S2. The predicted octanol–water partition coefficient (Wildman–Crippen LogP) is -5.13. The maximum atomic E-state index is 10.5. The summed E-state index contributed by atoms with van der Waals surface area (Å²) in [6.45, 7) is 0. The van der Waals surface area contributed by atoms with Crippen molar-refractivity contribution in [2.75, 3.05) is 0 Å². The molecule has 0 radical (unpaired) electrons. The van der Waals surface area contributed by atoms with Gasteiger partial charge in [-0.1, -0.05) is 48.5 Å². The fourth-order valence-electron chi connectivity index (χ4n) is 2.97. The number of carboxylic acids is 2. The minimum Gasteiger partial charge on any atom is -0.548 e. The molecule has 0 aliphatic heterocycles. The van der Waals surface area contributed by atoms with Crippen molar-refractivity contribution in [3.8, 4) is 21.1 Å². The third kappa shape index (κ3) is 9.66. The van der Waals surface area contributed by atoms with Crippen molar-refractivity contribution in [2.24, 2.45) is 11.5 Å². The standard InChI is InChI=1S/2C12H12N2O2S.2Li/c2*13-10(12(15)16)7-8-1-3-9(4-2-8)11-14-5-6-17-11;;/h2*1-6,10H,7,13H2,(H,15,16);;/q;;2*+1/p-2/t2*10-;;/m00../s1. The quantitative estimate of drug-likeness (QED) is 0.224. The van der Waals surface area contributed by atoms with E-state index in [0.717, 1.165) is 32.3 Å². The Balaban J connectivity index is 0.000000341. The van der Waals surface area contributed by atoms with Crippen LogP contribution in [-0.4, -0.2) is 34.0 Å². The number of rotatable bonds is 8. The molecular weight excluding hydrogens is 486 g/mol. The number of hydrogen-bond donors (Lipinski definition) is 2. The summed E-state index contributed by atoms with van der Waals surface area (Å²) in [6.07, 6.45) is 4.06. The Morgan fingerprint density at radius 1 is 0.694 bits per heavy atom. The Labute approximate surface area is 241 Å². The average Bonchev–Trinajstić information content (AvgIpc) is 3.55. The van der Waals surface area contributed by atoms with E-state index in [1.807, 2.05) is 59.3 Å². The van der Waals surface area contributed by atoms with Crippen LogP contribution >= 0.6 is 22.7 Å². The summed E-state index contributed by atoms with van der Waals surface area (Å²) in [5.41, 5.74) is 14.6. The van der Waals surface area contributed by atoms with Crippen molar-refractivity contribution in [1.82, 2.24) is 9.97 Å². The first-order valence-electron chi connectivity index (χ1n) is 10.2. The molecule has 12 heteroatoms. The number of carboxylic acid groups (broad SMARTS) is 2. The summed E-state index contributed by atoms with van der Waals surface area (Å²) in [5, 5.41) is 26.7. The Kier molecular flexibility index (Phi) is 13.9. The zero-order valence-corrected chi connectivity index (χ0v) is 21.6. The Morgan fingerprint density at radius 3 is 1.28 bits per heavy atom. The second kappa shape index (κ2) is 15.8. The van der Waals surface area contributed by atoms with E-state index in [1.54, 1.807) is 35.1 Å². The third-order valence-electron chi connectivity index (χ3n) is 4.78. The summed E-state index contributed by atoms with van der Waals surface area (Å²) in [5.74, 6) is -2.46. The number of aliphatic carboxylic acids is 2. The minimum absolute atomic E-state index is 0. The van der Waals surface area contributed by atoms with Gasteiger partial charge in [-0.2, -0.15) is 0 Å². The first-order valence-corrected chi connectivity index (χ1v) is 12.0. The number of hydrogen-bond acceptors (Lipinski definition) is 10. The SMILES string of the molecule is N[C@@H](Cc1ccc(-c2nccs2)cc1)C(=O)[O-].N[C@@H](Cc1ccc(-c2nccs2)cc1)C(=O)[O-].[Li+].[Li+]. The van der Waals surface area contributed by atoms with Crippen molar-refractivity contribution < 1.29 is 57.5 Å². The van der Waals surface area contributed by atoms with Crippen LogP contribution < -0.4 is 59.4 Å². The molecule has 2 heterocycles. The van der Waals surface area contributed by atoms with E-state index in [4.69, 9.17) is 11.5 Å². The average molecular weight is 508 g/mol. The van der Waals surface area contributed by atoms with Crippen molar-refractivity contribution in [1.29, 1.82) is 0 Å². The van der Waals surface area contributed by atoms with Crippen molar-refractivity contribution in [2.45, 2.75) is 24.9 Å². The normalized spacial score (nSPS) is 11.6. The molecule has 0 aliphatic carbocycles. The first-order chi connectivity index (χ1) is 16.3. The summed E-state index contributed by atoms with van der Waals surface area (Å²) in [7, 11) is 0. The van der Waals surface area contributed by atoms with E-state index < -0.39 is 24.0 Å². The molecule has 0 saturated carbocycles. The number of thiazole rings is 2. The van der Waals surface area contributed by atoms with Crippen LogP contribution in [0.2, 0.25) is 0 Å². The Hall–Kier alpha value is -2.25. The van der Waals surface area contributed by atoms with Crippen molar-refractivity contribution in [3.05, 3.63) is 82.8 Å². The van der Waals surface area contributed by atoms with E-state index in [0.29, 0.717) is 0 Å². The predicted molar refractivity (Wildman–Crippen MR) is 128 cm³/mol. The molecule has 0 aliphatic rings. The third-order valence-corrected chi connectivity index (χ3v) is 6.43. The fraction of sp³-hybridized carbons (Fsp3) is 0.167. The zero-order chi connectivity index (χ0) is 24.5. The summed E-state index contributed by atoms with van der Waals surface area (Å²) in [4.78, 5) is 29.4. The molecule has 2 aromatic carbocycles. The van der Waals surface area contributed by atoms with Crippen LogP contribution in [0, 0.1) is 0 Å². The van der Waals surface area contributed by atoms with Gasteiger partial charge in [0.15, 0.2) is 0 Å². The van der Waals surface area contributed by atoms with Gasteiger partial charge >= 0.3 is 37.7 Å². The molecule has 0 spiro atoms. The maximum Gasteiger partial charge on any atom is 1.00 e. The van der Waals surface area contributed by atoms with E-state index >= 15 is 0 Å². The van der Waals surface area contributed by atoms with Gasteiger partial charge in [0.05, 0.1) is 11.9 Å². The maximum absolute atomic E-state index is 10.5. The van der Waals surface area contributed by atoms with E-state index in [2.05, 4.69) is 9.97 Å². The van der Waals surface area contributed by atoms with Gasteiger partial charge in [0.2, 0.25) is 0 Å². The van der Waals surface area contributed by atoms with Gasteiger partial charge < -0.3 is 31.3 Å². The molecule has 2 atom stereocenters. The molecule has 0 fully saturated rings. The molecule has 8 nitrogen and oxygen atoms in total. The molecule has 0 unspecified atom stereocenters. The van der Waals surface area contributed by atoms with Crippen LogP contribution in [0.5, 0.6) is 0 Å². The second-order valence-electron chi connectivity index (χ2n) is 7.33. The second-order valence-corrected chi connectivity index (χ2v) is 9.12. The summed E-state index contributed by atoms with van der Waals surface area (Å²) >= 11 is 3.12. The number of nitrogens with zero attached hydrogens (tertiary/aromatic N) is 2. The number of carbonyl (C=O) groups is 2. The van der Waals surface area contributed by atoms with E-state index in [-0.39, 0.29) is 50.6 Å². The number of nitrogens with two attached hydrogens (primary N) is 2. The monoisotopic (exact) mass is 508 g/mol. The van der Waals surface area contributed by atoms with Crippen molar-refractivity contribution >= 4 is 34.6 Å². The van der Waals surface area contributed by atoms with Gasteiger partial charge in [0, 0.05) is 46.4 Å². The van der Waals surface area contributed by atoms with Gasteiger partial charge in [0.1, 0.15) is 10.0 Å². The van der Waals surface area contributed by atoms with Crippen molar-refractivity contribution in [3.63, 3.8) is 0 Å². The molecule has 2 aromatic heterocycles. The minimum atomic E-state index is -1.23. The van der Waals surface area contributed by atoms with Crippen LogP contribution in [0.1, 0.15) is 11.1 Å². The van der Waals surface area contributed by atoms with E-state index in [9.17, 15) is 19.8 Å². The van der Waals surface area contributed by atoms with E-state index in [1.165, 1.54) is 0 Å². The van der Waals surface area contributed by atoms with Crippen LogP contribution in [-0.2, 0) is 22.4 Å². The van der Waals surface area contributed by atoms with Crippen LogP contribution in [0.4, 0.5) is 0 Å². The number of aromatic nitrogens is 2. The molecule has 4 rings (SSSR count). The topological polar surface area (TPSA) is 158 Å². The largest absolute Gasteiger partial charge is 1.00 e. The Morgan fingerprint density at radius 2 is 1.03 bits per heavy atom. The molecule has 4 N–H and O–H groups in total. The molecule has 176 valence electrons. The number of benzene rings is 2. The van der Waals surface area contributed by atoms with Gasteiger partial charge in [-0.25, -0.2) is 9.97 Å². The van der Waals surface area contributed by atoms with Gasteiger partial charge in [-0.15, -0.1) is 22.7 Å². The van der Waals surface area contributed by atoms with Crippen LogP contribution in [0.25, 0.3) is 21.1 Å². The van der Waals surface area contributed by atoms with Gasteiger partial charge in [-0.3, -0.25) is 0 Å². The molecule has 4 aromatic rings. The molecule has 0 amide bonds. The van der Waals surface area contributed by atoms with Crippen LogP contribution in [0.15, 0.2) is 71.7 Å². The van der Waals surface area contributed by atoms with Gasteiger partial charge in [0.25, 0.3) is 0 Å². The Bertz CT molecular complexity index is 1090. The molecule has 0 saturated heterocycles. The first kappa shape index (κ1) is 31.8. The number of carbonyl (C=O) groups excluding carboxylic acids is 2. The van der Waals surface area contributed by atoms with Crippen LogP contribution in [0.3, 0.4) is 0 Å². The fourth-order valence-corrected chi connectivity index (χ4v) is 4.26. The molecule has 0 bridgehead atoms. The summed E-state index contributed by atoms with van der Waals surface area (Å²) < 4.78 is 0. The van der Waals surface area contributed by atoms with Gasteiger partial charge in [-0.05, 0) is 24.0 Å². The summed E-state index contributed by atoms with van der Waals surface area (Å²) in [6, 6.07) is 13.2. The molecule has 36 heavy (non-hydrogen) atoms. The smallest absolute Gasteiger partial charge is 0.548 e.